The summed E-state index contributed by atoms with van der Waals surface area (Å²) in [6.45, 7) is 4.17. The van der Waals surface area contributed by atoms with Gasteiger partial charge in [0.1, 0.15) is 0 Å². The zero-order valence-corrected chi connectivity index (χ0v) is 11.0. The van der Waals surface area contributed by atoms with Crippen molar-refractivity contribution in [2.24, 2.45) is 0 Å². The maximum atomic E-state index is 3.50. The molecule has 0 aromatic heterocycles. The number of halogens is 1. The molecule has 3 heteroatoms. The maximum Gasteiger partial charge on any atom is 0.0205 e. The predicted octanol–water partition coefficient (Wildman–Crippen LogP) is 3.21. The predicted molar refractivity (Wildman–Crippen MR) is 69.0 cm³/mol. The molecule has 0 spiro atoms. The molecule has 1 rings (SSSR count). The van der Waals surface area contributed by atoms with Gasteiger partial charge in [-0.05, 0) is 30.4 Å². The molecule has 0 aliphatic heterocycles. The van der Waals surface area contributed by atoms with E-state index in [9.17, 15) is 0 Å². The maximum absolute atomic E-state index is 3.50. The highest BCUT2D eigenvalue weighted by atomic mass is 79.9. The van der Waals surface area contributed by atoms with Gasteiger partial charge in [0.25, 0.3) is 0 Å². The first-order valence-electron chi connectivity index (χ1n) is 4.68. The molecule has 0 atom stereocenters. The molecule has 0 bridgehead atoms. The molecule has 1 aromatic rings. The fourth-order valence-corrected chi connectivity index (χ4v) is 1.82. The van der Waals surface area contributed by atoms with Crippen molar-refractivity contribution in [2.75, 3.05) is 18.6 Å². The molecule has 1 nitrogen and oxygen atoms in total. The number of hydrogen-bond donors (Lipinski definition) is 1. The first-order chi connectivity index (χ1) is 6.74. The van der Waals surface area contributed by atoms with Crippen LogP contribution in [-0.4, -0.2) is 18.6 Å². The molecular weight excluding hydrogens is 258 g/mol. The highest BCUT2D eigenvalue weighted by molar-refractivity contribution is 9.10. The average Bonchev–Trinajstić information content (AvgIpc) is 2.18. The lowest BCUT2D eigenvalue weighted by atomic mass is 10.1. The topological polar surface area (TPSA) is 12.0 Å². The minimum Gasteiger partial charge on any atom is -0.312 e. The third-order valence-corrected chi connectivity index (χ3v) is 3.54. The van der Waals surface area contributed by atoms with Crippen LogP contribution in [0.5, 0.6) is 0 Å². The largest absolute Gasteiger partial charge is 0.312 e. The van der Waals surface area contributed by atoms with Gasteiger partial charge in [-0.15, -0.1) is 0 Å². The van der Waals surface area contributed by atoms with Gasteiger partial charge in [-0.1, -0.05) is 28.1 Å². The van der Waals surface area contributed by atoms with Gasteiger partial charge in [0.05, 0.1) is 0 Å². The molecule has 0 heterocycles. The van der Waals surface area contributed by atoms with Crippen molar-refractivity contribution in [3.05, 3.63) is 33.8 Å². The standard InChI is InChI=1S/C11H16BrNS/c1-9-7-10(3-4-11(9)12)8-13-5-6-14-2/h3-4,7,13H,5-6,8H2,1-2H3. The quantitative estimate of drug-likeness (QED) is 0.827. The summed E-state index contributed by atoms with van der Waals surface area (Å²) in [4.78, 5) is 0. The van der Waals surface area contributed by atoms with Crippen molar-refractivity contribution in [1.29, 1.82) is 0 Å². The van der Waals surface area contributed by atoms with Gasteiger partial charge in [0, 0.05) is 23.3 Å². The summed E-state index contributed by atoms with van der Waals surface area (Å²) in [5, 5.41) is 3.41. The van der Waals surface area contributed by atoms with Crippen LogP contribution in [0.25, 0.3) is 0 Å². The minimum absolute atomic E-state index is 0.967. The van der Waals surface area contributed by atoms with Gasteiger partial charge in [-0.3, -0.25) is 0 Å². The van der Waals surface area contributed by atoms with Gasteiger partial charge in [-0.2, -0.15) is 11.8 Å². The van der Waals surface area contributed by atoms with Gasteiger partial charge < -0.3 is 5.32 Å². The van der Waals surface area contributed by atoms with Crippen molar-refractivity contribution in [2.45, 2.75) is 13.5 Å². The van der Waals surface area contributed by atoms with Crippen LogP contribution < -0.4 is 5.32 Å². The van der Waals surface area contributed by atoms with E-state index >= 15 is 0 Å². The molecular formula is C11H16BrNS. The van der Waals surface area contributed by atoms with Crippen molar-refractivity contribution in [3.8, 4) is 0 Å². The highest BCUT2D eigenvalue weighted by Crippen LogP contribution is 2.16. The van der Waals surface area contributed by atoms with E-state index in [1.54, 1.807) is 0 Å². The summed E-state index contributed by atoms with van der Waals surface area (Å²) in [7, 11) is 0. The van der Waals surface area contributed by atoms with E-state index in [2.05, 4.69) is 52.6 Å². The molecule has 78 valence electrons. The summed E-state index contributed by atoms with van der Waals surface area (Å²) in [6, 6.07) is 6.49. The van der Waals surface area contributed by atoms with Gasteiger partial charge in [0.2, 0.25) is 0 Å². The van der Waals surface area contributed by atoms with Gasteiger partial charge in [0.15, 0.2) is 0 Å². The molecule has 0 fully saturated rings. The molecule has 0 saturated heterocycles. The van der Waals surface area contributed by atoms with Crippen molar-refractivity contribution in [3.63, 3.8) is 0 Å². The molecule has 1 aromatic carbocycles. The van der Waals surface area contributed by atoms with E-state index in [4.69, 9.17) is 0 Å². The zero-order chi connectivity index (χ0) is 10.4. The Morgan fingerprint density at radius 3 is 2.86 bits per heavy atom. The second-order valence-electron chi connectivity index (χ2n) is 3.25. The Bertz CT molecular complexity index is 289. The Balaban J connectivity index is 2.39. The van der Waals surface area contributed by atoms with Crippen LogP contribution in [0.1, 0.15) is 11.1 Å². The van der Waals surface area contributed by atoms with Crippen LogP contribution in [0.4, 0.5) is 0 Å². The monoisotopic (exact) mass is 273 g/mol. The Morgan fingerprint density at radius 2 is 2.21 bits per heavy atom. The number of thioether (sulfide) groups is 1. The first kappa shape index (κ1) is 12.1. The lowest BCUT2D eigenvalue weighted by Gasteiger charge is -2.05. The first-order valence-corrected chi connectivity index (χ1v) is 6.87. The van der Waals surface area contributed by atoms with E-state index in [0.717, 1.165) is 13.1 Å². The molecule has 0 aliphatic rings. The lowest BCUT2D eigenvalue weighted by Crippen LogP contribution is -2.16. The molecule has 1 N–H and O–H groups in total. The molecule has 0 amide bonds. The van der Waals surface area contributed by atoms with Crippen LogP contribution in [0, 0.1) is 6.92 Å². The van der Waals surface area contributed by atoms with Gasteiger partial charge in [-0.25, -0.2) is 0 Å². The average molecular weight is 274 g/mol. The van der Waals surface area contributed by atoms with Crippen molar-refractivity contribution in [1.82, 2.24) is 5.32 Å². The minimum atomic E-state index is 0.967. The molecule has 0 unspecified atom stereocenters. The van der Waals surface area contributed by atoms with Crippen LogP contribution >= 0.6 is 27.7 Å². The third-order valence-electron chi connectivity index (χ3n) is 2.03. The van der Waals surface area contributed by atoms with E-state index in [-0.39, 0.29) is 0 Å². The van der Waals surface area contributed by atoms with Crippen molar-refractivity contribution >= 4 is 27.7 Å². The summed E-state index contributed by atoms with van der Waals surface area (Å²) in [5.41, 5.74) is 2.65. The van der Waals surface area contributed by atoms with E-state index in [1.165, 1.54) is 21.4 Å². The molecule has 14 heavy (non-hydrogen) atoms. The normalized spacial score (nSPS) is 10.5. The second-order valence-corrected chi connectivity index (χ2v) is 5.09. The van der Waals surface area contributed by atoms with E-state index in [1.807, 2.05) is 11.8 Å². The zero-order valence-electron chi connectivity index (χ0n) is 8.64. The van der Waals surface area contributed by atoms with Crippen LogP contribution in [0.15, 0.2) is 22.7 Å². The number of rotatable bonds is 5. The Kier molecular flexibility index (Phi) is 5.60. The number of nitrogens with one attached hydrogen (secondary N) is 1. The SMILES string of the molecule is CSCCNCc1ccc(Br)c(C)c1. The third kappa shape index (κ3) is 4.03. The lowest BCUT2D eigenvalue weighted by molar-refractivity contribution is 0.732. The molecule has 0 aliphatic carbocycles. The van der Waals surface area contributed by atoms with Gasteiger partial charge >= 0.3 is 0 Å². The summed E-state index contributed by atoms with van der Waals surface area (Å²) < 4.78 is 1.19. The van der Waals surface area contributed by atoms with Crippen LogP contribution in [0.2, 0.25) is 0 Å². The van der Waals surface area contributed by atoms with Crippen LogP contribution in [-0.2, 0) is 6.54 Å². The Labute approximate surface area is 98.8 Å². The summed E-state index contributed by atoms with van der Waals surface area (Å²) in [6.07, 6.45) is 2.13. The molecule has 0 saturated carbocycles. The fraction of sp³-hybridized carbons (Fsp3) is 0.455. The van der Waals surface area contributed by atoms with Crippen molar-refractivity contribution < 1.29 is 0 Å². The highest BCUT2D eigenvalue weighted by Gasteiger charge is 1.96. The number of hydrogen-bond acceptors (Lipinski definition) is 2. The van der Waals surface area contributed by atoms with Crippen LogP contribution in [0.3, 0.4) is 0 Å². The van der Waals surface area contributed by atoms with E-state index in [0.29, 0.717) is 0 Å². The second kappa shape index (κ2) is 6.49. The Morgan fingerprint density at radius 1 is 1.43 bits per heavy atom. The number of aryl methyl sites for hydroxylation is 1. The summed E-state index contributed by atoms with van der Waals surface area (Å²) >= 11 is 5.37. The molecule has 0 radical (unpaired) electrons. The van der Waals surface area contributed by atoms with E-state index < -0.39 is 0 Å². The Hall–Kier alpha value is 0.01000. The summed E-state index contributed by atoms with van der Waals surface area (Å²) in [5.74, 6) is 1.18. The fourth-order valence-electron chi connectivity index (χ4n) is 1.22. The number of benzene rings is 1. The smallest absolute Gasteiger partial charge is 0.0205 e.